The molecule has 0 amide bonds. The van der Waals surface area contributed by atoms with Crippen LogP contribution in [-0.2, 0) is 9.67 Å². The molecule has 2 rings (SSSR count). The van der Waals surface area contributed by atoms with Crippen LogP contribution in [0.15, 0.2) is 42.2 Å². The topological polar surface area (TPSA) is 9.23 Å². The summed E-state index contributed by atoms with van der Waals surface area (Å²) < 4.78 is 44.2. The van der Waals surface area contributed by atoms with Gasteiger partial charge in [-0.2, -0.15) is 8.78 Å². The number of ether oxygens (including phenoxy) is 1. The third kappa shape index (κ3) is 2.84. The van der Waals surface area contributed by atoms with Gasteiger partial charge in [0.1, 0.15) is 0 Å². The zero-order valence-electron chi connectivity index (χ0n) is 9.21. The van der Waals surface area contributed by atoms with E-state index in [2.05, 4.69) is 11.6 Å². The summed E-state index contributed by atoms with van der Waals surface area (Å²) in [6, 6.07) is 8.67. The second kappa shape index (κ2) is 5.15. The maximum Gasteiger partial charge on any atom is 0.373 e. The molecule has 1 fully saturated rings. The van der Waals surface area contributed by atoms with Crippen molar-refractivity contribution < 1.29 is 17.9 Å². The molecule has 1 nitrogen and oxygen atoms in total. The Bertz CT molecular complexity index is 438. The minimum atomic E-state index is -4.01. The highest BCUT2D eigenvalue weighted by Gasteiger charge is 2.41. The summed E-state index contributed by atoms with van der Waals surface area (Å²) >= 11 is 5.93. The molecule has 1 aliphatic heterocycles. The van der Waals surface area contributed by atoms with Gasteiger partial charge in [0.05, 0.1) is 6.61 Å². The van der Waals surface area contributed by atoms with E-state index >= 15 is 0 Å². The average molecular weight is 295 g/mol. The maximum absolute atomic E-state index is 13.4. The molecule has 1 unspecified atom stereocenters. The van der Waals surface area contributed by atoms with Crippen molar-refractivity contribution >= 4 is 23.4 Å². The molecule has 0 N–H and O–H groups in total. The second-order valence-electron chi connectivity index (χ2n) is 3.72. The van der Waals surface area contributed by atoms with Gasteiger partial charge in [-0.25, -0.2) is 4.39 Å². The first-order valence-corrected chi connectivity index (χ1v) is 6.59. The minimum Gasteiger partial charge on any atom is -0.355 e. The smallest absolute Gasteiger partial charge is 0.355 e. The SMILES string of the molecule is F/C(=C\C1(c2ccccc2)OCCS1)C(F)(F)Cl. The Balaban J connectivity index is 2.40. The number of thioether (sulfide) groups is 1. The average Bonchev–Trinajstić information content (AvgIpc) is 2.79. The van der Waals surface area contributed by atoms with Gasteiger partial charge in [0.2, 0.25) is 0 Å². The molecule has 98 valence electrons. The number of halogens is 4. The molecular formula is C12H10ClF3OS. The van der Waals surface area contributed by atoms with Crippen molar-refractivity contribution in [3.63, 3.8) is 0 Å². The number of alkyl halides is 3. The number of benzene rings is 1. The van der Waals surface area contributed by atoms with Crippen LogP contribution in [0.3, 0.4) is 0 Å². The Morgan fingerprint density at radius 1 is 1.39 bits per heavy atom. The van der Waals surface area contributed by atoms with E-state index in [1.807, 2.05) is 0 Å². The van der Waals surface area contributed by atoms with E-state index in [-0.39, 0.29) is 0 Å². The van der Waals surface area contributed by atoms with Crippen LogP contribution in [0.25, 0.3) is 0 Å². The molecule has 1 saturated heterocycles. The highest BCUT2D eigenvalue weighted by molar-refractivity contribution is 8.00. The molecular weight excluding hydrogens is 285 g/mol. The summed E-state index contributed by atoms with van der Waals surface area (Å²) in [5, 5.41) is -4.01. The van der Waals surface area contributed by atoms with Gasteiger partial charge in [0, 0.05) is 11.8 Å². The summed E-state index contributed by atoms with van der Waals surface area (Å²) in [7, 11) is 0. The molecule has 1 aromatic rings. The van der Waals surface area contributed by atoms with Gasteiger partial charge in [-0.1, -0.05) is 30.3 Å². The molecule has 1 atom stereocenters. The molecule has 0 bridgehead atoms. The van der Waals surface area contributed by atoms with Gasteiger partial charge in [0.25, 0.3) is 0 Å². The van der Waals surface area contributed by atoms with Crippen LogP contribution in [0.4, 0.5) is 13.2 Å². The fourth-order valence-electron chi connectivity index (χ4n) is 1.68. The Labute approximate surface area is 112 Å². The molecule has 0 aliphatic carbocycles. The normalized spacial score (nSPS) is 25.4. The molecule has 6 heteroatoms. The zero-order chi connectivity index (χ0) is 13.2. The van der Waals surface area contributed by atoms with Crippen molar-refractivity contribution in [1.29, 1.82) is 0 Å². The predicted octanol–water partition coefficient (Wildman–Crippen LogP) is 4.29. The summed E-state index contributed by atoms with van der Waals surface area (Å²) in [6.45, 7) is 0.372. The van der Waals surface area contributed by atoms with Crippen molar-refractivity contribution in [2.75, 3.05) is 12.4 Å². The van der Waals surface area contributed by atoms with E-state index < -0.39 is 16.1 Å². The van der Waals surface area contributed by atoms with Crippen LogP contribution in [0.1, 0.15) is 5.56 Å². The summed E-state index contributed by atoms with van der Waals surface area (Å²) in [5.74, 6) is -1.09. The Kier molecular flexibility index (Phi) is 3.94. The lowest BCUT2D eigenvalue weighted by Gasteiger charge is -2.25. The molecule has 1 aliphatic rings. The highest BCUT2D eigenvalue weighted by Crippen LogP contribution is 2.46. The van der Waals surface area contributed by atoms with E-state index in [1.165, 1.54) is 11.8 Å². The minimum absolute atomic E-state index is 0.372. The molecule has 0 radical (unpaired) electrons. The van der Waals surface area contributed by atoms with E-state index in [0.717, 1.165) is 6.08 Å². The fraction of sp³-hybridized carbons (Fsp3) is 0.333. The first kappa shape index (κ1) is 13.8. The Morgan fingerprint density at radius 3 is 2.56 bits per heavy atom. The predicted molar refractivity (Wildman–Crippen MR) is 66.5 cm³/mol. The van der Waals surface area contributed by atoms with E-state index in [0.29, 0.717) is 17.9 Å². The van der Waals surface area contributed by atoms with Gasteiger partial charge in [-0.3, -0.25) is 0 Å². The van der Waals surface area contributed by atoms with Gasteiger partial charge in [0.15, 0.2) is 10.8 Å². The summed E-state index contributed by atoms with van der Waals surface area (Å²) in [6.07, 6.45) is 0.757. The number of hydrogen-bond acceptors (Lipinski definition) is 2. The van der Waals surface area contributed by atoms with Crippen LogP contribution < -0.4 is 0 Å². The number of allylic oxidation sites excluding steroid dienone is 1. The highest BCUT2D eigenvalue weighted by atomic mass is 35.5. The Hall–Kier alpha value is -0.650. The Morgan fingerprint density at radius 2 is 2.06 bits per heavy atom. The third-order valence-electron chi connectivity index (χ3n) is 2.48. The van der Waals surface area contributed by atoms with Crippen LogP contribution in [0.2, 0.25) is 0 Å². The largest absolute Gasteiger partial charge is 0.373 e. The van der Waals surface area contributed by atoms with Gasteiger partial charge in [-0.15, -0.1) is 11.8 Å². The monoisotopic (exact) mass is 294 g/mol. The van der Waals surface area contributed by atoms with Gasteiger partial charge >= 0.3 is 5.38 Å². The fourth-order valence-corrected chi connectivity index (χ4v) is 2.86. The number of rotatable bonds is 3. The van der Waals surface area contributed by atoms with Crippen LogP contribution in [0.5, 0.6) is 0 Å². The first-order chi connectivity index (χ1) is 8.44. The summed E-state index contributed by atoms with van der Waals surface area (Å²) in [4.78, 5) is -1.22. The molecule has 1 aromatic carbocycles. The maximum atomic E-state index is 13.4. The van der Waals surface area contributed by atoms with Crippen molar-refractivity contribution in [2.24, 2.45) is 0 Å². The van der Waals surface area contributed by atoms with Gasteiger partial charge in [-0.05, 0) is 17.2 Å². The van der Waals surface area contributed by atoms with Crippen LogP contribution >= 0.6 is 23.4 Å². The molecule has 1 heterocycles. The molecule has 0 saturated carbocycles. The third-order valence-corrected chi connectivity index (χ3v) is 3.93. The van der Waals surface area contributed by atoms with Crippen molar-refractivity contribution in [3.8, 4) is 0 Å². The lowest BCUT2D eigenvalue weighted by molar-refractivity contribution is 0.0730. The van der Waals surface area contributed by atoms with Crippen molar-refractivity contribution in [3.05, 3.63) is 47.8 Å². The van der Waals surface area contributed by atoms with E-state index in [9.17, 15) is 13.2 Å². The van der Waals surface area contributed by atoms with Crippen LogP contribution in [-0.4, -0.2) is 17.7 Å². The van der Waals surface area contributed by atoms with E-state index in [4.69, 9.17) is 4.74 Å². The lowest BCUT2D eigenvalue weighted by atomic mass is 10.1. The first-order valence-electron chi connectivity index (χ1n) is 5.23. The molecule has 0 spiro atoms. The van der Waals surface area contributed by atoms with Crippen molar-refractivity contribution in [1.82, 2.24) is 0 Å². The molecule has 18 heavy (non-hydrogen) atoms. The number of hydrogen-bond donors (Lipinski definition) is 0. The summed E-state index contributed by atoms with van der Waals surface area (Å²) in [5.41, 5.74) is 0.614. The zero-order valence-corrected chi connectivity index (χ0v) is 10.8. The molecule has 0 aromatic heterocycles. The standard InChI is InChI=1S/C12H10ClF3OS/c13-12(15,16)10(14)8-11(17-6-7-18-11)9-4-2-1-3-5-9/h1-5,8H,6-7H2/b10-8-. The van der Waals surface area contributed by atoms with Crippen molar-refractivity contribution in [2.45, 2.75) is 10.3 Å². The second-order valence-corrected chi connectivity index (χ2v) is 5.50. The van der Waals surface area contributed by atoms with Crippen LogP contribution in [0, 0.1) is 0 Å². The van der Waals surface area contributed by atoms with E-state index in [1.54, 1.807) is 30.3 Å². The quantitative estimate of drug-likeness (QED) is 0.769. The van der Waals surface area contributed by atoms with Gasteiger partial charge < -0.3 is 4.74 Å². The lowest BCUT2D eigenvalue weighted by Crippen LogP contribution is -2.21.